The Kier molecular flexibility index (Phi) is 6.13. The lowest BCUT2D eigenvalue weighted by Crippen LogP contribution is -2.47. The number of carbonyl (C=O) groups is 3. The summed E-state index contributed by atoms with van der Waals surface area (Å²) in [6.07, 6.45) is 1.95. The molecule has 1 aromatic carbocycles. The van der Waals surface area contributed by atoms with Gasteiger partial charge < -0.3 is 20.9 Å². The van der Waals surface area contributed by atoms with Crippen LogP contribution in [0.15, 0.2) is 18.2 Å². The predicted molar refractivity (Wildman–Crippen MR) is 101 cm³/mol. The molecule has 3 N–H and O–H groups in total. The Balaban J connectivity index is 1.97. The van der Waals surface area contributed by atoms with Gasteiger partial charge in [-0.15, -0.1) is 0 Å². The Labute approximate surface area is 158 Å². The van der Waals surface area contributed by atoms with E-state index in [2.05, 4.69) is 16.0 Å². The third-order valence-corrected chi connectivity index (χ3v) is 3.95. The van der Waals surface area contributed by atoms with Crippen LogP contribution in [-0.2, 0) is 4.79 Å². The molecule has 0 radical (unpaired) electrons. The first-order valence-electron chi connectivity index (χ1n) is 8.49. The number of likely N-dealkylation sites (N-methyl/N-ethyl adjacent to an activating group) is 1. The van der Waals surface area contributed by atoms with Gasteiger partial charge in [-0.3, -0.25) is 9.59 Å². The Hall–Kier alpha value is -2.28. The number of carbonyl (C=O) groups excluding carboxylic acids is 3. The van der Waals surface area contributed by atoms with Gasteiger partial charge >= 0.3 is 6.03 Å². The van der Waals surface area contributed by atoms with Gasteiger partial charge in [0.15, 0.2) is 0 Å². The highest BCUT2D eigenvalue weighted by Gasteiger charge is 2.25. The van der Waals surface area contributed by atoms with Crippen molar-refractivity contribution in [2.24, 2.45) is 0 Å². The summed E-state index contributed by atoms with van der Waals surface area (Å²) in [6.45, 7) is 5.53. The number of benzene rings is 1. The molecule has 0 heterocycles. The van der Waals surface area contributed by atoms with Crippen LogP contribution in [0.2, 0.25) is 5.02 Å². The molecule has 8 heteroatoms. The SMILES string of the molecule is CN(CC(=O)NC(C)(C)C)C(=O)Nc1ccc(Cl)c(C(=O)NC2CC2)c1. The molecule has 0 spiro atoms. The molecule has 1 aliphatic carbocycles. The average molecular weight is 381 g/mol. The summed E-state index contributed by atoms with van der Waals surface area (Å²) in [5.74, 6) is -0.512. The summed E-state index contributed by atoms with van der Waals surface area (Å²) in [4.78, 5) is 37.6. The van der Waals surface area contributed by atoms with Crippen molar-refractivity contribution >= 4 is 35.1 Å². The molecule has 0 atom stereocenters. The molecule has 0 saturated heterocycles. The van der Waals surface area contributed by atoms with E-state index in [4.69, 9.17) is 11.6 Å². The van der Waals surface area contributed by atoms with Crippen LogP contribution in [0.25, 0.3) is 0 Å². The van der Waals surface area contributed by atoms with Crippen molar-refractivity contribution in [1.29, 1.82) is 0 Å². The second-order valence-electron chi connectivity index (χ2n) is 7.53. The fourth-order valence-corrected chi connectivity index (χ4v) is 2.44. The summed E-state index contributed by atoms with van der Waals surface area (Å²) < 4.78 is 0. The van der Waals surface area contributed by atoms with Crippen LogP contribution < -0.4 is 16.0 Å². The average Bonchev–Trinajstić information content (AvgIpc) is 3.30. The molecule has 7 nitrogen and oxygen atoms in total. The van der Waals surface area contributed by atoms with Gasteiger partial charge in [0.2, 0.25) is 5.91 Å². The molecule has 0 unspecified atom stereocenters. The predicted octanol–water partition coefficient (Wildman–Crippen LogP) is 2.61. The van der Waals surface area contributed by atoms with E-state index in [1.165, 1.54) is 18.0 Å². The molecule has 0 bridgehead atoms. The van der Waals surface area contributed by atoms with Crippen molar-refractivity contribution in [2.75, 3.05) is 18.9 Å². The van der Waals surface area contributed by atoms with Crippen molar-refractivity contribution in [2.45, 2.75) is 45.2 Å². The molecule has 0 aliphatic heterocycles. The first kappa shape index (κ1) is 20.0. The lowest BCUT2D eigenvalue weighted by atomic mass is 10.1. The molecule has 4 amide bonds. The number of nitrogens with zero attached hydrogens (tertiary/aromatic N) is 1. The normalized spacial score (nSPS) is 13.7. The number of anilines is 1. The smallest absolute Gasteiger partial charge is 0.322 e. The van der Waals surface area contributed by atoms with E-state index < -0.39 is 6.03 Å². The zero-order valence-corrected chi connectivity index (χ0v) is 16.2. The van der Waals surface area contributed by atoms with Gasteiger partial charge in [0.1, 0.15) is 6.54 Å². The molecule has 0 aromatic heterocycles. The highest BCUT2D eigenvalue weighted by molar-refractivity contribution is 6.34. The number of hydrogen-bond acceptors (Lipinski definition) is 3. The maximum atomic E-state index is 12.3. The van der Waals surface area contributed by atoms with E-state index in [1.807, 2.05) is 20.8 Å². The van der Waals surface area contributed by atoms with Crippen LogP contribution in [-0.4, -0.2) is 47.9 Å². The van der Waals surface area contributed by atoms with Gasteiger partial charge in [0.05, 0.1) is 10.6 Å². The van der Waals surface area contributed by atoms with Crippen molar-refractivity contribution in [3.63, 3.8) is 0 Å². The molecule has 1 saturated carbocycles. The fourth-order valence-electron chi connectivity index (χ4n) is 2.23. The second-order valence-corrected chi connectivity index (χ2v) is 7.93. The number of hydrogen-bond donors (Lipinski definition) is 3. The highest BCUT2D eigenvalue weighted by atomic mass is 35.5. The number of urea groups is 1. The number of amides is 4. The van der Waals surface area contributed by atoms with Crippen LogP contribution in [0.5, 0.6) is 0 Å². The van der Waals surface area contributed by atoms with Crippen LogP contribution in [0.4, 0.5) is 10.5 Å². The summed E-state index contributed by atoms with van der Waals surface area (Å²) in [7, 11) is 1.52. The molecule has 2 rings (SSSR count). The molecular formula is C18H25ClN4O3. The number of nitrogens with one attached hydrogen (secondary N) is 3. The Morgan fingerprint density at radius 2 is 1.88 bits per heavy atom. The highest BCUT2D eigenvalue weighted by Crippen LogP contribution is 2.24. The monoisotopic (exact) mass is 380 g/mol. The minimum atomic E-state index is -0.454. The van der Waals surface area contributed by atoms with Gasteiger partial charge in [-0.2, -0.15) is 0 Å². The molecular weight excluding hydrogens is 356 g/mol. The van der Waals surface area contributed by atoms with Crippen LogP contribution in [0, 0.1) is 0 Å². The molecule has 1 aliphatic rings. The van der Waals surface area contributed by atoms with Crippen LogP contribution in [0.3, 0.4) is 0 Å². The maximum absolute atomic E-state index is 12.3. The van der Waals surface area contributed by atoms with E-state index in [-0.39, 0.29) is 29.9 Å². The van der Waals surface area contributed by atoms with Gasteiger partial charge in [-0.05, 0) is 51.8 Å². The van der Waals surface area contributed by atoms with Crippen molar-refractivity contribution < 1.29 is 14.4 Å². The van der Waals surface area contributed by atoms with Gasteiger partial charge in [0, 0.05) is 24.3 Å². The van der Waals surface area contributed by atoms with Crippen molar-refractivity contribution in [3.8, 4) is 0 Å². The summed E-state index contributed by atoms with van der Waals surface area (Å²) in [5.41, 5.74) is 0.377. The van der Waals surface area contributed by atoms with E-state index in [1.54, 1.807) is 12.1 Å². The first-order chi connectivity index (χ1) is 12.0. The van der Waals surface area contributed by atoms with Crippen LogP contribution >= 0.6 is 11.6 Å². The summed E-state index contributed by atoms with van der Waals surface area (Å²) in [5, 5.41) is 8.64. The molecule has 142 valence electrons. The third-order valence-electron chi connectivity index (χ3n) is 3.62. The fraction of sp³-hybridized carbons (Fsp3) is 0.500. The third kappa shape index (κ3) is 6.22. The van der Waals surface area contributed by atoms with Crippen molar-refractivity contribution in [3.05, 3.63) is 28.8 Å². The Morgan fingerprint density at radius 1 is 1.23 bits per heavy atom. The zero-order valence-electron chi connectivity index (χ0n) is 15.5. The summed E-state index contributed by atoms with van der Waals surface area (Å²) >= 11 is 6.09. The van der Waals surface area contributed by atoms with Crippen LogP contribution in [0.1, 0.15) is 44.0 Å². The van der Waals surface area contributed by atoms with Gasteiger partial charge in [0.25, 0.3) is 5.91 Å². The quantitative estimate of drug-likeness (QED) is 0.733. The lowest BCUT2D eigenvalue weighted by Gasteiger charge is -2.23. The maximum Gasteiger partial charge on any atom is 0.322 e. The summed E-state index contributed by atoms with van der Waals surface area (Å²) in [6, 6.07) is 4.46. The molecule has 1 aromatic rings. The Morgan fingerprint density at radius 3 is 2.46 bits per heavy atom. The largest absolute Gasteiger partial charge is 0.350 e. The lowest BCUT2D eigenvalue weighted by molar-refractivity contribution is -0.122. The van der Waals surface area contributed by atoms with E-state index in [0.717, 1.165) is 12.8 Å². The molecule has 1 fully saturated rings. The van der Waals surface area contributed by atoms with E-state index in [0.29, 0.717) is 16.3 Å². The minimum Gasteiger partial charge on any atom is -0.350 e. The Bertz CT molecular complexity index is 711. The van der Waals surface area contributed by atoms with Gasteiger partial charge in [-0.25, -0.2) is 4.79 Å². The topological polar surface area (TPSA) is 90.5 Å². The van der Waals surface area contributed by atoms with E-state index in [9.17, 15) is 14.4 Å². The standard InChI is InChI=1S/C18H25ClN4O3/c1-18(2,3)22-15(24)10-23(4)17(26)21-12-7-8-14(19)13(9-12)16(25)20-11-5-6-11/h7-9,11H,5-6,10H2,1-4H3,(H,20,25)(H,21,26)(H,22,24). The second kappa shape index (κ2) is 7.95. The minimum absolute atomic E-state index is 0.0777. The van der Waals surface area contributed by atoms with Gasteiger partial charge in [-0.1, -0.05) is 11.6 Å². The number of rotatable bonds is 5. The first-order valence-corrected chi connectivity index (χ1v) is 8.86. The number of halogens is 1. The van der Waals surface area contributed by atoms with E-state index >= 15 is 0 Å². The zero-order chi connectivity index (χ0) is 19.5. The van der Waals surface area contributed by atoms with Crippen molar-refractivity contribution in [1.82, 2.24) is 15.5 Å². The molecule has 26 heavy (non-hydrogen) atoms.